The van der Waals surface area contributed by atoms with Crippen LogP contribution in [0.4, 0.5) is 0 Å². The van der Waals surface area contributed by atoms with Crippen molar-refractivity contribution in [2.45, 2.75) is 18.5 Å². The molecule has 0 aliphatic rings. The van der Waals surface area contributed by atoms with Gasteiger partial charge >= 0.3 is 0 Å². The van der Waals surface area contributed by atoms with Gasteiger partial charge < -0.3 is 14.8 Å². The summed E-state index contributed by atoms with van der Waals surface area (Å²) in [6.45, 7) is 2.52. The fourth-order valence-corrected chi connectivity index (χ4v) is 4.75. The number of nitrogens with one attached hydrogen (secondary N) is 1. The van der Waals surface area contributed by atoms with Gasteiger partial charge in [-0.2, -0.15) is 0 Å². The van der Waals surface area contributed by atoms with Gasteiger partial charge in [0.15, 0.2) is 22.5 Å². The van der Waals surface area contributed by atoms with E-state index in [-0.39, 0.29) is 11.7 Å². The second-order valence-electron chi connectivity index (χ2n) is 8.18. The average molecular weight is 558 g/mol. The van der Waals surface area contributed by atoms with Crippen LogP contribution >= 0.6 is 35.0 Å². The van der Waals surface area contributed by atoms with Gasteiger partial charge in [-0.1, -0.05) is 70.9 Å². The number of ether oxygens (including phenoxy) is 2. The van der Waals surface area contributed by atoms with Gasteiger partial charge in [0.05, 0.1) is 35.7 Å². The van der Waals surface area contributed by atoms with Crippen LogP contribution in [-0.4, -0.2) is 47.2 Å². The average Bonchev–Trinajstić information content (AvgIpc) is 3.33. The van der Waals surface area contributed by atoms with Crippen LogP contribution in [0.25, 0.3) is 17.1 Å². The number of hydrogen-bond donors (Lipinski definition) is 1. The first-order valence-electron chi connectivity index (χ1n) is 11.5. The number of carbonyl (C=O) groups is 1. The number of aromatic nitrogens is 3. The van der Waals surface area contributed by atoms with Gasteiger partial charge in [-0.15, -0.1) is 10.2 Å². The monoisotopic (exact) mass is 556 g/mol. The molecule has 0 radical (unpaired) electrons. The quantitative estimate of drug-likeness (QED) is 0.241. The molecule has 3 aromatic carbocycles. The molecular weight excluding hydrogens is 531 g/mol. The molecule has 192 valence electrons. The minimum absolute atomic E-state index is 0.106. The third-order valence-corrected chi connectivity index (χ3v) is 7.29. The highest BCUT2D eigenvalue weighted by atomic mass is 35.5. The van der Waals surface area contributed by atoms with E-state index in [2.05, 4.69) is 15.5 Å². The number of benzene rings is 3. The Balaban J connectivity index is 1.46. The molecule has 0 bridgehead atoms. The SMILES string of the molecule is COc1ccc(CCNC(=O)CSc2nnc(-c3ccc(C)cc3)n2-c2ccc(Cl)c(Cl)c2)cc1OC. The highest BCUT2D eigenvalue weighted by Crippen LogP contribution is 2.32. The van der Waals surface area contributed by atoms with Crippen molar-refractivity contribution in [3.8, 4) is 28.6 Å². The summed E-state index contributed by atoms with van der Waals surface area (Å²) in [5.74, 6) is 2.05. The van der Waals surface area contributed by atoms with Gasteiger partial charge in [0, 0.05) is 12.1 Å². The lowest BCUT2D eigenvalue weighted by Gasteiger charge is -2.12. The van der Waals surface area contributed by atoms with E-state index in [0.29, 0.717) is 45.5 Å². The number of thioether (sulfide) groups is 1. The Kier molecular flexibility index (Phi) is 8.97. The van der Waals surface area contributed by atoms with Crippen LogP contribution in [0, 0.1) is 6.92 Å². The van der Waals surface area contributed by atoms with Crippen molar-refractivity contribution in [1.82, 2.24) is 20.1 Å². The van der Waals surface area contributed by atoms with Gasteiger partial charge in [-0.25, -0.2) is 0 Å². The summed E-state index contributed by atoms with van der Waals surface area (Å²) >= 11 is 13.7. The first-order chi connectivity index (χ1) is 17.9. The second kappa shape index (κ2) is 12.4. The predicted octanol–water partition coefficient (Wildman–Crippen LogP) is 6.02. The molecule has 0 saturated heterocycles. The molecule has 4 rings (SSSR count). The maximum atomic E-state index is 12.6. The Labute approximate surface area is 230 Å². The van der Waals surface area contributed by atoms with Crippen molar-refractivity contribution in [2.24, 2.45) is 0 Å². The van der Waals surface area contributed by atoms with Crippen LogP contribution < -0.4 is 14.8 Å². The first-order valence-corrected chi connectivity index (χ1v) is 13.2. The van der Waals surface area contributed by atoms with E-state index >= 15 is 0 Å². The molecule has 1 heterocycles. The fraction of sp³-hybridized carbons (Fsp3) is 0.222. The number of aryl methyl sites for hydroxylation is 1. The molecule has 0 saturated carbocycles. The topological polar surface area (TPSA) is 78.3 Å². The van der Waals surface area contributed by atoms with Gasteiger partial charge in [-0.3, -0.25) is 9.36 Å². The lowest BCUT2D eigenvalue weighted by molar-refractivity contribution is -0.118. The molecule has 1 amide bonds. The maximum absolute atomic E-state index is 12.6. The van der Waals surface area contributed by atoms with Crippen molar-refractivity contribution >= 4 is 40.9 Å². The molecule has 0 spiro atoms. The Bertz CT molecular complexity index is 1390. The maximum Gasteiger partial charge on any atom is 0.230 e. The Morgan fingerprint density at radius 1 is 0.946 bits per heavy atom. The largest absolute Gasteiger partial charge is 0.493 e. The molecule has 10 heteroatoms. The number of nitrogens with zero attached hydrogens (tertiary/aromatic N) is 3. The van der Waals surface area contributed by atoms with E-state index < -0.39 is 0 Å². The summed E-state index contributed by atoms with van der Waals surface area (Å²) in [4.78, 5) is 12.6. The first kappa shape index (κ1) is 26.9. The fourth-order valence-electron chi connectivity index (χ4n) is 3.67. The smallest absolute Gasteiger partial charge is 0.230 e. The summed E-state index contributed by atoms with van der Waals surface area (Å²) < 4.78 is 12.5. The highest BCUT2D eigenvalue weighted by Gasteiger charge is 2.18. The minimum atomic E-state index is -0.106. The molecule has 4 aromatic rings. The zero-order valence-corrected chi connectivity index (χ0v) is 23.0. The normalized spacial score (nSPS) is 10.8. The van der Waals surface area contributed by atoms with Crippen molar-refractivity contribution < 1.29 is 14.3 Å². The zero-order valence-electron chi connectivity index (χ0n) is 20.6. The second-order valence-corrected chi connectivity index (χ2v) is 9.94. The van der Waals surface area contributed by atoms with E-state index in [0.717, 1.165) is 22.4 Å². The van der Waals surface area contributed by atoms with Crippen molar-refractivity contribution in [2.75, 3.05) is 26.5 Å². The summed E-state index contributed by atoms with van der Waals surface area (Å²) in [7, 11) is 3.20. The molecule has 0 fully saturated rings. The third kappa shape index (κ3) is 6.57. The molecule has 1 aromatic heterocycles. The van der Waals surface area contributed by atoms with E-state index in [9.17, 15) is 4.79 Å². The number of rotatable bonds is 10. The van der Waals surface area contributed by atoms with Crippen LogP contribution in [0.5, 0.6) is 11.5 Å². The summed E-state index contributed by atoms with van der Waals surface area (Å²) in [5, 5.41) is 13.2. The van der Waals surface area contributed by atoms with Crippen molar-refractivity contribution in [3.63, 3.8) is 0 Å². The van der Waals surface area contributed by atoms with Crippen LogP contribution in [0.15, 0.2) is 65.8 Å². The summed E-state index contributed by atoms with van der Waals surface area (Å²) in [5.41, 5.74) is 3.83. The number of methoxy groups -OCH3 is 2. The lowest BCUT2D eigenvalue weighted by Crippen LogP contribution is -2.27. The van der Waals surface area contributed by atoms with E-state index in [4.69, 9.17) is 32.7 Å². The lowest BCUT2D eigenvalue weighted by atomic mass is 10.1. The molecule has 0 unspecified atom stereocenters. The van der Waals surface area contributed by atoms with Crippen LogP contribution in [0.2, 0.25) is 10.0 Å². The number of hydrogen-bond acceptors (Lipinski definition) is 6. The Hall–Kier alpha value is -3.20. The van der Waals surface area contributed by atoms with E-state index in [1.807, 2.05) is 60.0 Å². The zero-order chi connectivity index (χ0) is 26.4. The van der Waals surface area contributed by atoms with Crippen molar-refractivity contribution in [3.05, 3.63) is 81.8 Å². The van der Waals surface area contributed by atoms with Gasteiger partial charge in [0.2, 0.25) is 5.91 Å². The van der Waals surface area contributed by atoms with E-state index in [1.165, 1.54) is 11.8 Å². The number of carbonyl (C=O) groups excluding carboxylic acids is 1. The number of halogens is 2. The Morgan fingerprint density at radius 2 is 1.70 bits per heavy atom. The number of amides is 1. The molecular formula is C27H26Cl2N4O3S. The third-order valence-electron chi connectivity index (χ3n) is 5.62. The molecule has 7 nitrogen and oxygen atoms in total. The van der Waals surface area contributed by atoms with Gasteiger partial charge in [0.25, 0.3) is 0 Å². The highest BCUT2D eigenvalue weighted by molar-refractivity contribution is 7.99. The van der Waals surface area contributed by atoms with E-state index in [1.54, 1.807) is 26.4 Å². The van der Waals surface area contributed by atoms with Crippen LogP contribution in [0.3, 0.4) is 0 Å². The van der Waals surface area contributed by atoms with Crippen LogP contribution in [-0.2, 0) is 11.2 Å². The molecule has 0 atom stereocenters. The minimum Gasteiger partial charge on any atom is -0.493 e. The standard InChI is InChI=1S/C27H26Cl2N4O3S/c1-17-4-7-19(8-5-17)26-31-32-27(33(26)20-9-10-21(28)22(29)15-20)37-16-25(34)30-13-12-18-6-11-23(35-2)24(14-18)36-3/h4-11,14-15H,12-13,16H2,1-3H3,(H,30,34). The molecule has 0 aliphatic carbocycles. The predicted molar refractivity (Wildman–Crippen MR) is 149 cm³/mol. The van der Waals surface area contributed by atoms with Crippen molar-refractivity contribution in [1.29, 1.82) is 0 Å². The summed E-state index contributed by atoms with van der Waals surface area (Å²) in [6.07, 6.45) is 0.661. The van der Waals surface area contributed by atoms with Gasteiger partial charge in [0.1, 0.15) is 0 Å². The summed E-state index contributed by atoms with van der Waals surface area (Å²) in [6, 6.07) is 19.1. The van der Waals surface area contributed by atoms with Gasteiger partial charge in [-0.05, 0) is 49.2 Å². The molecule has 0 aliphatic heterocycles. The Morgan fingerprint density at radius 3 is 2.41 bits per heavy atom. The molecule has 1 N–H and O–H groups in total. The molecule has 37 heavy (non-hydrogen) atoms. The van der Waals surface area contributed by atoms with Crippen LogP contribution in [0.1, 0.15) is 11.1 Å².